The Morgan fingerprint density at radius 1 is 1.10 bits per heavy atom. The van der Waals surface area contributed by atoms with Crippen molar-refractivity contribution < 1.29 is 8.42 Å². The van der Waals surface area contributed by atoms with Gasteiger partial charge in [-0.1, -0.05) is 19.3 Å². The molecular weight excluding hydrogens is 284 g/mol. The van der Waals surface area contributed by atoms with Crippen LogP contribution in [0.1, 0.15) is 37.7 Å². The van der Waals surface area contributed by atoms with Crippen molar-refractivity contribution in [3.8, 4) is 0 Å². The van der Waals surface area contributed by atoms with Crippen molar-refractivity contribution in [3.05, 3.63) is 23.8 Å². The zero-order chi connectivity index (χ0) is 15.0. The maximum Gasteiger partial charge on any atom is 0.243 e. The molecule has 2 fully saturated rings. The molecule has 0 spiro atoms. The minimum Gasteiger partial charge on any atom is -0.399 e. The van der Waals surface area contributed by atoms with E-state index in [1.165, 1.54) is 25.7 Å². The molecule has 2 N–H and O–H groups in total. The molecule has 1 aromatic rings. The van der Waals surface area contributed by atoms with E-state index in [9.17, 15) is 8.42 Å². The highest BCUT2D eigenvalue weighted by Crippen LogP contribution is 2.37. The molecule has 1 saturated carbocycles. The van der Waals surface area contributed by atoms with Gasteiger partial charge in [-0.2, -0.15) is 4.31 Å². The van der Waals surface area contributed by atoms with E-state index in [4.69, 9.17) is 5.73 Å². The smallest absolute Gasteiger partial charge is 0.243 e. The van der Waals surface area contributed by atoms with Gasteiger partial charge in [-0.15, -0.1) is 0 Å². The second kappa shape index (κ2) is 5.61. The van der Waals surface area contributed by atoms with Gasteiger partial charge in [0, 0.05) is 18.8 Å². The number of nitrogens with zero attached hydrogens (tertiary/aromatic N) is 1. The van der Waals surface area contributed by atoms with Crippen molar-refractivity contribution >= 4 is 15.7 Å². The maximum atomic E-state index is 12.8. The van der Waals surface area contributed by atoms with Crippen LogP contribution in [0.5, 0.6) is 0 Å². The fraction of sp³-hybridized carbons (Fsp3) is 0.625. The number of fused-ring (bicyclic) bond motifs is 1. The van der Waals surface area contributed by atoms with Crippen LogP contribution in [0.2, 0.25) is 0 Å². The first-order chi connectivity index (χ1) is 9.96. The number of anilines is 1. The molecule has 116 valence electrons. The van der Waals surface area contributed by atoms with Gasteiger partial charge in [0.1, 0.15) is 0 Å². The molecule has 1 heterocycles. The summed E-state index contributed by atoms with van der Waals surface area (Å²) in [5.74, 6) is 1.28. The molecule has 1 aliphatic heterocycles. The van der Waals surface area contributed by atoms with Crippen molar-refractivity contribution in [1.29, 1.82) is 0 Å². The van der Waals surface area contributed by atoms with Crippen molar-refractivity contribution in [2.45, 2.75) is 43.9 Å². The van der Waals surface area contributed by atoms with Crippen molar-refractivity contribution in [3.63, 3.8) is 0 Å². The predicted octanol–water partition coefficient (Wildman–Crippen LogP) is 2.78. The summed E-state index contributed by atoms with van der Waals surface area (Å²) < 4.78 is 27.3. The Morgan fingerprint density at radius 3 is 2.52 bits per heavy atom. The molecule has 0 bridgehead atoms. The first-order valence-corrected chi connectivity index (χ1v) is 9.28. The van der Waals surface area contributed by atoms with Crippen LogP contribution in [-0.4, -0.2) is 25.8 Å². The lowest BCUT2D eigenvalue weighted by molar-refractivity contribution is 0.136. The first-order valence-electron chi connectivity index (χ1n) is 7.84. The van der Waals surface area contributed by atoms with Crippen molar-refractivity contribution in [2.75, 3.05) is 18.8 Å². The number of piperidine rings is 1. The molecule has 4 nitrogen and oxygen atoms in total. The topological polar surface area (TPSA) is 63.4 Å². The minimum absolute atomic E-state index is 0.342. The number of nitrogens with two attached hydrogens (primary N) is 1. The molecule has 1 aliphatic carbocycles. The second-order valence-corrected chi connectivity index (χ2v) is 8.47. The molecule has 2 unspecified atom stereocenters. The maximum absolute atomic E-state index is 12.8. The Bertz CT molecular complexity index is 607. The van der Waals surface area contributed by atoms with Gasteiger partial charge < -0.3 is 5.73 Å². The lowest BCUT2D eigenvalue weighted by Crippen LogP contribution is -2.44. The van der Waals surface area contributed by atoms with E-state index >= 15 is 0 Å². The Balaban J connectivity index is 1.84. The number of sulfonamides is 1. The Labute approximate surface area is 127 Å². The molecule has 5 heteroatoms. The molecule has 0 amide bonds. The quantitative estimate of drug-likeness (QED) is 0.855. The average molecular weight is 308 g/mol. The summed E-state index contributed by atoms with van der Waals surface area (Å²) in [6.07, 6.45) is 6.00. The Morgan fingerprint density at radius 2 is 1.81 bits per heavy atom. The summed E-state index contributed by atoms with van der Waals surface area (Å²) in [5.41, 5.74) is 7.21. The zero-order valence-corrected chi connectivity index (χ0v) is 13.4. The van der Waals surface area contributed by atoms with Gasteiger partial charge in [0.15, 0.2) is 0 Å². The van der Waals surface area contributed by atoms with Gasteiger partial charge in [-0.3, -0.25) is 0 Å². The molecular formula is C16H24N2O2S. The third-order valence-corrected chi connectivity index (χ3v) is 6.81. The molecule has 0 aromatic heterocycles. The standard InChI is InChI=1S/C16H24N2O2S/c1-12-8-15(17)10-16(9-12)21(19,20)18-7-6-13-4-2-3-5-14(13)11-18/h8-10,13-14H,2-7,11,17H2,1H3. The molecule has 1 aromatic carbocycles. The van der Waals surface area contributed by atoms with Crippen LogP contribution in [0.4, 0.5) is 5.69 Å². The van der Waals surface area contributed by atoms with Crippen LogP contribution in [0.3, 0.4) is 0 Å². The van der Waals surface area contributed by atoms with Crippen LogP contribution in [0.25, 0.3) is 0 Å². The number of nitrogen functional groups attached to an aromatic ring is 1. The van der Waals surface area contributed by atoms with Gasteiger partial charge in [0.25, 0.3) is 0 Å². The van der Waals surface area contributed by atoms with Gasteiger partial charge in [-0.05, 0) is 55.4 Å². The second-order valence-electron chi connectivity index (χ2n) is 6.54. The molecule has 3 rings (SSSR count). The van der Waals surface area contributed by atoms with E-state index in [0.29, 0.717) is 29.6 Å². The monoisotopic (exact) mass is 308 g/mol. The number of hydrogen-bond acceptors (Lipinski definition) is 3. The van der Waals surface area contributed by atoms with E-state index in [1.54, 1.807) is 22.5 Å². The predicted molar refractivity (Wildman–Crippen MR) is 84.4 cm³/mol. The third-order valence-electron chi connectivity index (χ3n) is 4.96. The van der Waals surface area contributed by atoms with Crippen LogP contribution < -0.4 is 5.73 Å². The van der Waals surface area contributed by atoms with Gasteiger partial charge in [-0.25, -0.2) is 8.42 Å². The Kier molecular flexibility index (Phi) is 3.97. The Hall–Kier alpha value is -1.07. The number of hydrogen-bond donors (Lipinski definition) is 1. The average Bonchev–Trinajstić information content (AvgIpc) is 2.45. The van der Waals surface area contributed by atoms with Gasteiger partial charge in [0.05, 0.1) is 4.90 Å². The molecule has 0 radical (unpaired) electrons. The number of rotatable bonds is 2. The summed E-state index contributed by atoms with van der Waals surface area (Å²) in [6.45, 7) is 3.21. The lowest BCUT2D eigenvalue weighted by Gasteiger charge is -2.40. The normalized spacial score (nSPS) is 27.3. The van der Waals surface area contributed by atoms with Gasteiger partial charge >= 0.3 is 0 Å². The van der Waals surface area contributed by atoms with E-state index < -0.39 is 10.0 Å². The van der Waals surface area contributed by atoms with E-state index in [1.807, 2.05) is 6.92 Å². The summed E-state index contributed by atoms with van der Waals surface area (Å²) in [6, 6.07) is 5.10. The van der Waals surface area contributed by atoms with Crippen LogP contribution in [-0.2, 0) is 10.0 Å². The SMILES string of the molecule is Cc1cc(N)cc(S(=O)(=O)N2CCC3CCCCC3C2)c1. The highest BCUT2D eigenvalue weighted by Gasteiger charge is 2.36. The number of aryl methyl sites for hydroxylation is 1. The highest BCUT2D eigenvalue weighted by molar-refractivity contribution is 7.89. The van der Waals surface area contributed by atoms with Crippen molar-refractivity contribution in [1.82, 2.24) is 4.31 Å². The third kappa shape index (κ3) is 2.94. The first kappa shape index (κ1) is 14.9. The highest BCUT2D eigenvalue weighted by atomic mass is 32.2. The van der Waals surface area contributed by atoms with Crippen LogP contribution in [0.15, 0.2) is 23.1 Å². The zero-order valence-electron chi connectivity index (χ0n) is 12.6. The lowest BCUT2D eigenvalue weighted by atomic mass is 9.76. The summed E-state index contributed by atoms with van der Waals surface area (Å²) in [4.78, 5) is 0.342. The fourth-order valence-corrected chi connectivity index (χ4v) is 5.51. The molecule has 1 saturated heterocycles. The number of benzene rings is 1. The summed E-state index contributed by atoms with van der Waals surface area (Å²) in [7, 11) is -3.40. The summed E-state index contributed by atoms with van der Waals surface area (Å²) >= 11 is 0. The van der Waals surface area contributed by atoms with E-state index in [0.717, 1.165) is 17.9 Å². The van der Waals surface area contributed by atoms with Gasteiger partial charge in [0.2, 0.25) is 10.0 Å². The van der Waals surface area contributed by atoms with Crippen LogP contribution in [0, 0.1) is 18.8 Å². The van der Waals surface area contributed by atoms with Crippen molar-refractivity contribution in [2.24, 2.45) is 11.8 Å². The minimum atomic E-state index is -3.40. The van der Waals surface area contributed by atoms with Crippen LogP contribution >= 0.6 is 0 Å². The van der Waals surface area contributed by atoms with E-state index in [2.05, 4.69) is 0 Å². The largest absolute Gasteiger partial charge is 0.399 e. The molecule has 21 heavy (non-hydrogen) atoms. The molecule has 2 aliphatic rings. The summed E-state index contributed by atoms with van der Waals surface area (Å²) in [5, 5.41) is 0. The fourth-order valence-electron chi connectivity index (χ4n) is 3.86. The van der Waals surface area contributed by atoms with E-state index in [-0.39, 0.29) is 0 Å². The molecule has 2 atom stereocenters.